The molecule has 1 aliphatic heterocycles. The number of rotatable bonds is 2. The van der Waals surface area contributed by atoms with Crippen LogP contribution in [0.3, 0.4) is 0 Å². The lowest BCUT2D eigenvalue weighted by Crippen LogP contribution is -2.41. The van der Waals surface area contributed by atoms with E-state index in [2.05, 4.69) is 10.2 Å². The molecule has 0 saturated carbocycles. The topological polar surface area (TPSA) is 104 Å². The first-order chi connectivity index (χ1) is 8.49. The fraction of sp³-hybridized carbons (Fsp3) is 0.400. The van der Waals surface area contributed by atoms with E-state index in [1.807, 2.05) is 0 Å². The summed E-state index contributed by atoms with van der Waals surface area (Å²) in [5.41, 5.74) is -0.000231. The summed E-state index contributed by atoms with van der Waals surface area (Å²) in [5, 5.41) is 25.7. The first-order valence-electron chi connectivity index (χ1n) is 5.20. The molecule has 0 aromatic carbocycles. The number of hydrogen-bond acceptors (Lipinski definition) is 5. The molecule has 2 heterocycles. The van der Waals surface area contributed by atoms with Crippen LogP contribution < -0.4 is 0 Å². The summed E-state index contributed by atoms with van der Waals surface area (Å²) < 4.78 is 0. The third-order valence-electron chi connectivity index (χ3n) is 2.68. The van der Waals surface area contributed by atoms with Crippen molar-refractivity contribution in [3.05, 3.63) is 23.0 Å². The molecule has 0 spiro atoms. The van der Waals surface area contributed by atoms with Crippen molar-refractivity contribution in [2.75, 3.05) is 6.54 Å². The number of nitrogens with zero attached hydrogens (tertiary/aromatic N) is 3. The molecule has 1 saturated heterocycles. The highest BCUT2D eigenvalue weighted by atomic mass is 35.5. The average Bonchev–Trinajstić information content (AvgIpc) is 2.71. The number of hydrogen-bond donors (Lipinski definition) is 2. The maximum atomic E-state index is 12.0. The van der Waals surface area contributed by atoms with Gasteiger partial charge >= 0.3 is 5.97 Å². The summed E-state index contributed by atoms with van der Waals surface area (Å²) in [6.45, 7) is -0.0277. The van der Waals surface area contributed by atoms with Gasteiger partial charge in [0.05, 0.1) is 6.10 Å². The molecule has 7 nitrogen and oxygen atoms in total. The second-order valence-corrected chi connectivity index (χ2v) is 4.33. The van der Waals surface area contributed by atoms with Gasteiger partial charge in [0.15, 0.2) is 10.8 Å². The molecule has 1 aliphatic rings. The molecule has 1 aromatic heterocycles. The lowest BCUT2D eigenvalue weighted by molar-refractivity contribution is -0.141. The Bertz CT molecular complexity index is 479. The average molecular weight is 272 g/mol. The van der Waals surface area contributed by atoms with Crippen molar-refractivity contribution in [1.29, 1.82) is 0 Å². The minimum atomic E-state index is -1.15. The van der Waals surface area contributed by atoms with E-state index < -0.39 is 24.0 Å². The maximum Gasteiger partial charge on any atom is 0.326 e. The molecule has 96 valence electrons. The summed E-state index contributed by atoms with van der Waals surface area (Å²) >= 11 is 5.55. The second kappa shape index (κ2) is 4.87. The van der Waals surface area contributed by atoms with Gasteiger partial charge in [-0.1, -0.05) is 11.6 Å². The van der Waals surface area contributed by atoms with Crippen LogP contribution in [0.15, 0.2) is 12.1 Å². The van der Waals surface area contributed by atoms with Crippen molar-refractivity contribution in [3.63, 3.8) is 0 Å². The van der Waals surface area contributed by atoms with Gasteiger partial charge in [-0.3, -0.25) is 4.79 Å². The van der Waals surface area contributed by atoms with Gasteiger partial charge < -0.3 is 15.1 Å². The Labute approximate surface area is 107 Å². The summed E-state index contributed by atoms with van der Waals surface area (Å²) in [4.78, 5) is 24.1. The number of aliphatic carboxylic acids is 1. The second-order valence-electron chi connectivity index (χ2n) is 3.94. The number of amides is 1. The van der Waals surface area contributed by atoms with Gasteiger partial charge in [-0.2, -0.15) is 0 Å². The zero-order valence-corrected chi connectivity index (χ0v) is 9.91. The number of β-amino-alcohol motifs (C(OH)–C–C–N with tert-alkyl or cyclic N) is 1. The highest BCUT2D eigenvalue weighted by molar-refractivity contribution is 6.29. The van der Waals surface area contributed by atoms with Crippen molar-refractivity contribution in [3.8, 4) is 0 Å². The van der Waals surface area contributed by atoms with Gasteiger partial charge in [0, 0.05) is 13.0 Å². The Hall–Kier alpha value is -1.73. The van der Waals surface area contributed by atoms with Crippen molar-refractivity contribution < 1.29 is 19.8 Å². The first-order valence-corrected chi connectivity index (χ1v) is 5.58. The van der Waals surface area contributed by atoms with Crippen LogP contribution in [0.25, 0.3) is 0 Å². The number of carbonyl (C=O) groups is 2. The molecule has 0 radical (unpaired) electrons. The zero-order valence-electron chi connectivity index (χ0n) is 9.15. The number of likely N-dealkylation sites (tertiary alicyclic amines) is 1. The molecule has 2 rings (SSSR count). The van der Waals surface area contributed by atoms with Crippen LogP contribution in [0, 0.1) is 0 Å². The van der Waals surface area contributed by atoms with Crippen molar-refractivity contribution in [1.82, 2.24) is 15.1 Å². The summed E-state index contributed by atoms with van der Waals surface area (Å²) in [6.07, 6.45) is -0.822. The van der Waals surface area contributed by atoms with E-state index in [0.29, 0.717) is 0 Å². The van der Waals surface area contributed by atoms with E-state index >= 15 is 0 Å². The monoisotopic (exact) mass is 271 g/mol. The molecule has 1 aromatic rings. The minimum absolute atomic E-state index is 0.000231. The number of carboxylic acid groups (broad SMARTS) is 1. The fourth-order valence-corrected chi connectivity index (χ4v) is 1.95. The Morgan fingerprint density at radius 3 is 2.67 bits per heavy atom. The van der Waals surface area contributed by atoms with Gasteiger partial charge in [-0.25, -0.2) is 4.79 Å². The van der Waals surface area contributed by atoms with Gasteiger partial charge in [-0.05, 0) is 12.1 Å². The normalized spacial score (nSPS) is 23.1. The Balaban J connectivity index is 2.22. The number of carbonyl (C=O) groups excluding carboxylic acids is 1. The standard InChI is InChI=1S/C10H10ClN3O4/c11-8-2-1-6(12-13-8)9(16)14-4-5(15)3-7(14)10(17)18/h1-2,5,7,15H,3-4H2,(H,17,18)/t5-,7+/m1/s1. The number of aromatic nitrogens is 2. The molecule has 0 bridgehead atoms. The first kappa shape index (κ1) is 12.7. The lowest BCUT2D eigenvalue weighted by atomic mass is 10.2. The summed E-state index contributed by atoms with van der Waals surface area (Å²) in [5.74, 6) is -1.73. The number of aliphatic hydroxyl groups excluding tert-OH is 1. The molecule has 1 fully saturated rings. The van der Waals surface area contributed by atoms with E-state index in [1.54, 1.807) is 0 Å². The molecule has 18 heavy (non-hydrogen) atoms. The van der Waals surface area contributed by atoms with Gasteiger partial charge in [-0.15, -0.1) is 10.2 Å². The van der Waals surface area contributed by atoms with Crippen LogP contribution in [0.5, 0.6) is 0 Å². The lowest BCUT2D eigenvalue weighted by Gasteiger charge is -2.20. The van der Waals surface area contributed by atoms with Crippen molar-refractivity contribution in [2.45, 2.75) is 18.6 Å². The van der Waals surface area contributed by atoms with Crippen LogP contribution in [-0.4, -0.2) is 55.9 Å². The summed E-state index contributed by atoms with van der Waals surface area (Å²) in [6, 6.07) is 1.72. The predicted octanol–water partition coefficient (Wildman–Crippen LogP) is -0.210. The minimum Gasteiger partial charge on any atom is -0.480 e. The molecular formula is C10H10ClN3O4. The molecule has 8 heteroatoms. The van der Waals surface area contributed by atoms with E-state index in [9.17, 15) is 14.7 Å². The number of aliphatic hydroxyl groups is 1. The molecule has 1 amide bonds. The Morgan fingerprint density at radius 1 is 1.39 bits per heavy atom. The highest BCUT2D eigenvalue weighted by Gasteiger charge is 2.39. The number of halogens is 1. The van der Waals surface area contributed by atoms with Crippen LogP contribution in [0.2, 0.25) is 5.15 Å². The molecule has 2 N–H and O–H groups in total. The van der Waals surface area contributed by atoms with E-state index in [0.717, 1.165) is 4.90 Å². The fourth-order valence-electron chi connectivity index (χ4n) is 1.85. The van der Waals surface area contributed by atoms with Gasteiger partial charge in [0.2, 0.25) is 0 Å². The quantitative estimate of drug-likeness (QED) is 0.771. The molecular weight excluding hydrogens is 262 g/mol. The molecule has 0 aliphatic carbocycles. The summed E-state index contributed by atoms with van der Waals surface area (Å²) in [7, 11) is 0. The zero-order chi connectivity index (χ0) is 13.3. The Kier molecular flexibility index (Phi) is 3.44. The van der Waals surface area contributed by atoms with Gasteiger partial charge in [0.1, 0.15) is 6.04 Å². The van der Waals surface area contributed by atoms with Crippen LogP contribution >= 0.6 is 11.6 Å². The maximum absolute atomic E-state index is 12.0. The smallest absolute Gasteiger partial charge is 0.326 e. The van der Waals surface area contributed by atoms with Crippen LogP contribution in [0.4, 0.5) is 0 Å². The molecule has 2 atom stereocenters. The van der Waals surface area contributed by atoms with Gasteiger partial charge in [0.25, 0.3) is 5.91 Å². The third kappa shape index (κ3) is 2.41. The highest BCUT2D eigenvalue weighted by Crippen LogP contribution is 2.20. The van der Waals surface area contributed by atoms with E-state index in [-0.39, 0.29) is 23.8 Å². The van der Waals surface area contributed by atoms with Crippen molar-refractivity contribution >= 4 is 23.5 Å². The molecule has 0 unspecified atom stereocenters. The van der Waals surface area contributed by atoms with Crippen molar-refractivity contribution in [2.24, 2.45) is 0 Å². The predicted molar refractivity (Wildman–Crippen MR) is 60.1 cm³/mol. The largest absolute Gasteiger partial charge is 0.480 e. The third-order valence-corrected chi connectivity index (χ3v) is 2.88. The number of carboxylic acids is 1. The van der Waals surface area contributed by atoms with E-state index in [4.69, 9.17) is 16.7 Å². The van der Waals surface area contributed by atoms with Crippen LogP contribution in [-0.2, 0) is 4.79 Å². The van der Waals surface area contributed by atoms with Crippen LogP contribution in [0.1, 0.15) is 16.9 Å². The Morgan fingerprint density at radius 2 is 2.11 bits per heavy atom. The SMILES string of the molecule is O=C(O)[C@@H]1C[C@@H](O)CN1C(=O)c1ccc(Cl)nn1. The van der Waals surface area contributed by atoms with E-state index in [1.165, 1.54) is 12.1 Å².